The van der Waals surface area contributed by atoms with Crippen LogP contribution >= 0.6 is 12.2 Å². The van der Waals surface area contributed by atoms with Crippen LogP contribution in [0.3, 0.4) is 0 Å². The van der Waals surface area contributed by atoms with Crippen LogP contribution in [0, 0.1) is 0 Å². The van der Waals surface area contributed by atoms with E-state index < -0.39 is 0 Å². The molecule has 0 bridgehead atoms. The Morgan fingerprint density at radius 1 is 1.06 bits per heavy atom. The van der Waals surface area contributed by atoms with Gasteiger partial charge in [0.1, 0.15) is 4.99 Å². The standard InChI is InChI=1S/C15H22N2S/c1-3-13-5-7-14(8-6-13)15(18)17-11-9-16(4-2)10-12-17/h5-8H,3-4,9-12H2,1-2H3. The number of nitrogens with zero attached hydrogens (tertiary/aromatic N) is 2. The molecule has 0 saturated carbocycles. The average Bonchev–Trinajstić information content (AvgIpc) is 2.47. The lowest BCUT2D eigenvalue weighted by molar-refractivity contribution is 0.192. The maximum atomic E-state index is 5.60. The molecule has 0 spiro atoms. The largest absolute Gasteiger partial charge is 0.360 e. The zero-order valence-electron chi connectivity index (χ0n) is 11.4. The van der Waals surface area contributed by atoms with Gasteiger partial charge in [0.25, 0.3) is 0 Å². The van der Waals surface area contributed by atoms with Crippen LogP contribution in [0.5, 0.6) is 0 Å². The fraction of sp³-hybridized carbons (Fsp3) is 0.533. The zero-order valence-corrected chi connectivity index (χ0v) is 12.2. The molecule has 0 aliphatic carbocycles. The smallest absolute Gasteiger partial charge is 0.109 e. The lowest BCUT2D eigenvalue weighted by Crippen LogP contribution is -2.48. The predicted molar refractivity (Wildman–Crippen MR) is 81.2 cm³/mol. The molecule has 1 aliphatic heterocycles. The van der Waals surface area contributed by atoms with E-state index in [0.29, 0.717) is 0 Å². The van der Waals surface area contributed by atoms with Crippen LogP contribution in [-0.2, 0) is 6.42 Å². The van der Waals surface area contributed by atoms with Gasteiger partial charge >= 0.3 is 0 Å². The lowest BCUT2D eigenvalue weighted by atomic mass is 10.1. The molecule has 1 aromatic rings. The van der Waals surface area contributed by atoms with E-state index in [1.54, 1.807) is 0 Å². The topological polar surface area (TPSA) is 6.48 Å². The van der Waals surface area contributed by atoms with Gasteiger partial charge in [0, 0.05) is 31.7 Å². The summed E-state index contributed by atoms with van der Waals surface area (Å²) < 4.78 is 0. The highest BCUT2D eigenvalue weighted by molar-refractivity contribution is 7.80. The number of likely N-dealkylation sites (N-methyl/N-ethyl adjacent to an activating group) is 1. The molecule has 18 heavy (non-hydrogen) atoms. The first-order chi connectivity index (χ1) is 8.74. The Bertz CT molecular complexity index is 391. The third kappa shape index (κ3) is 3.09. The quantitative estimate of drug-likeness (QED) is 0.773. The molecule has 2 rings (SSSR count). The van der Waals surface area contributed by atoms with Crippen molar-refractivity contribution >= 4 is 17.2 Å². The van der Waals surface area contributed by atoms with E-state index in [0.717, 1.165) is 44.1 Å². The minimum Gasteiger partial charge on any atom is -0.360 e. The number of aryl methyl sites for hydroxylation is 1. The van der Waals surface area contributed by atoms with Gasteiger partial charge in [-0.05, 0) is 18.5 Å². The Morgan fingerprint density at radius 2 is 1.67 bits per heavy atom. The molecule has 0 unspecified atom stereocenters. The van der Waals surface area contributed by atoms with E-state index in [1.807, 2.05) is 0 Å². The minimum absolute atomic E-state index is 1.01. The van der Waals surface area contributed by atoms with Gasteiger partial charge in [-0.25, -0.2) is 0 Å². The Kier molecular flexibility index (Phi) is 4.72. The van der Waals surface area contributed by atoms with E-state index >= 15 is 0 Å². The van der Waals surface area contributed by atoms with Crippen LogP contribution in [0.25, 0.3) is 0 Å². The number of benzene rings is 1. The van der Waals surface area contributed by atoms with Crippen molar-refractivity contribution in [3.05, 3.63) is 35.4 Å². The summed E-state index contributed by atoms with van der Waals surface area (Å²) in [6.07, 6.45) is 1.09. The van der Waals surface area contributed by atoms with Crippen LogP contribution < -0.4 is 0 Å². The van der Waals surface area contributed by atoms with Crippen molar-refractivity contribution in [2.45, 2.75) is 20.3 Å². The summed E-state index contributed by atoms with van der Waals surface area (Å²) in [4.78, 5) is 5.82. The highest BCUT2D eigenvalue weighted by atomic mass is 32.1. The first-order valence-electron chi connectivity index (χ1n) is 6.85. The average molecular weight is 262 g/mol. The molecule has 1 saturated heterocycles. The Balaban J connectivity index is 1.98. The van der Waals surface area contributed by atoms with Crippen LogP contribution in [0.15, 0.2) is 24.3 Å². The summed E-state index contributed by atoms with van der Waals surface area (Å²) in [6, 6.07) is 8.69. The molecule has 1 heterocycles. The molecule has 0 N–H and O–H groups in total. The maximum absolute atomic E-state index is 5.60. The molecule has 1 aromatic carbocycles. The molecule has 3 heteroatoms. The molecule has 0 aromatic heterocycles. The summed E-state index contributed by atoms with van der Waals surface area (Å²) in [5, 5.41) is 0. The van der Waals surface area contributed by atoms with Crippen LogP contribution in [0.4, 0.5) is 0 Å². The van der Waals surface area contributed by atoms with Crippen molar-refractivity contribution in [1.82, 2.24) is 9.80 Å². The molecule has 0 amide bonds. The van der Waals surface area contributed by atoms with E-state index in [4.69, 9.17) is 12.2 Å². The second-order valence-electron chi connectivity index (χ2n) is 4.78. The second kappa shape index (κ2) is 6.30. The third-order valence-corrected chi connectivity index (χ3v) is 4.21. The summed E-state index contributed by atoms with van der Waals surface area (Å²) in [5.41, 5.74) is 2.56. The van der Waals surface area contributed by atoms with Gasteiger partial charge in [-0.3, -0.25) is 0 Å². The molecule has 1 fully saturated rings. The second-order valence-corrected chi connectivity index (χ2v) is 5.16. The van der Waals surface area contributed by atoms with Gasteiger partial charge in [0.2, 0.25) is 0 Å². The summed E-state index contributed by atoms with van der Waals surface area (Å²) >= 11 is 5.60. The molecule has 0 radical (unpaired) electrons. The fourth-order valence-electron chi connectivity index (χ4n) is 2.33. The highest BCUT2D eigenvalue weighted by Crippen LogP contribution is 2.11. The van der Waals surface area contributed by atoms with Crippen molar-refractivity contribution in [3.63, 3.8) is 0 Å². The van der Waals surface area contributed by atoms with E-state index in [2.05, 4.69) is 47.9 Å². The maximum Gasteiger partial charge on any atom is 0.109 e. The van der Waals surface area contributed by atoms with Crippen LogP contribution in [0.2, 0.25) is 0 Å². The third-order valence-electron chi connectivity index (χ3n) is 3.72. The fourth-order valence-corrected chi connectivity index (χ4v) is 2.65. The first-order valence-corrected chi connectivity index (χ1v) is 7.26. The van der Waals surface area contributed by atoms with Gasteiger partial charge in [-0.2, -0.15) is 0 Å². The molecule has 1 aliphatic rings. The van der Waals surface area contributed by atoms with Gasteiger partial charge in [-0.15, -0.1) is 0 Å². The van der Waals surface area contributed by atoms with Crippen molar-refractivity contribution < 1.29 is 0 Å². The van der Waals surface area contributed by atoms with Gasteiger partial charge in [0.15, 0.2) is 0 Å². The molecule has 0 atom stereocenters. The first kappa shape index (κ1) is 13.5. The van der Waals surface area contributed by atoms with Crippen molar-refractivity contribution in [1.29, 1.82) is 0 Å². The normalized spacial score (nSPS) is 16.9. The highest BCUT2D eigenvalue weighted by Gasteiger charge is 2.18. The number of hydrogen-bond acceptors (Lipinski definition) is 2. The predicted octanol–water partition coefficient (Wildman–Crippen LogP) is 2.56. The number of rotatable bonds is 3. The molecule has 2 nitrogen and oxygen atoms in total. The van der Waals surface area contributed by atoms with Crippen LogP contribution in [-0.4, -0.2) is 47.5 Å². The molecular formula is C15H22N2S. The number of hydrogen-bond donors (Lipinski definition) is 0. The van der Waals surface area contributed by atoms with E-state index in [9.17, 15) is 0 Å². The SMILES string of the molecule is CCc1ccc(C(=S)N2CCN(CC)CC2)cc1. The Morgan fingerprint density at radius 3 is 2.17 bits per heavy atom. The van der Waals surface area contributed by atoms with Gasteiger partial charge in [0.05, 0.1) is 0 Å². The molecule has 98 valence electrons. The molecular weight excluding hydrogens is 240 g/mol. The number of thiocarbonyl (C=S) groups is 1. The lowest BCUT2D eigenvalue weighted by Gasteiger charge is -2.35. The van der Waals surface area contributed by atoms with Crippen molar-refractivity contribution in [3.8, 4) is 0 Å². The Labute approximate surface area is 116 Å². The monoisotopic (exact) mass is 262 g/mol. The summed E-state index contributed by atoms with van der Waals surface area (Å²) in [7, 11) is 0. The summed E-state index contributed by atoms with van der Waals surface area (Å²) in [6.45, 7) is 9.92. The number of piperazine rings is 1. The summed E-state index contributed by atoms with van der Waals surface area (Å²) in [5.74, 6) is 0. The van der Waals surface area contributed by atoms with Crippen molar-refractivity contribution in [2.24, 2.45) is 0 Å². The Hall–Kier alpha value is -0.930. The van der Waals surface area contributed by atoms with Crippen molar-refractivity contribution in [2.75, 3.05) is 32.7 Å². The van der Waals surface area contributed by atoms with E-state index in [-0.39, 0.29) is 0 Å². The van der Waals surface area contributed by atoms with Gasteiger partial charge in [-0.1, -0.05) is 50.3 Å². The zero-order chi connectivity index (χ0) is 13.0. The van der Waals surface area contributed by atoms with E-state index in [1.165, 1.54) is 11.1 Å². The minimum atomic E-state index is 1.01. The van der Waals surface area contributed by atoms with Gasteiger partial charge < -0.3 is 9.80 Å². The van der Waals surface area contributed by atoms with Crippen LogP contribution in [0.1, 0.15) is 25.0 Å².